The molecule has 9 heteroatoms. The van der Waals surface area contributed by atoms with Crippen molar-refractivity contribution in [2.75, 3.05) is 12.1 Å². The summed E-state index contributed by atoms with van der Waals surface area (Å²) in [5, 5.41) is 11.8. The number of nitrogens with zero attached hydrogens (tertiary/aromatic N) is 1. The first-order chi connectivity index (χ1) is 12.9. The summed E-state index contributed by atoms with van der Waals surface area (Å²) in [5.74, 6) is -0.609. The molecular formula is C18H12Cl2N2O5. The molecule has 27 heavy (non-hydrogen) atoms. The number of benzene rings is 2. The molecule has 0 radical (unpaired) electrons. The molecule has 1 aliphatic heterocycles. The smallest absolute Gasteiger partial charge is 0.339 e. The summed E-state index contributed by atoms with van der Waals surface area (Å²) < 4.78 is 15.5. The van der Waals surface area contributed by atoms with Gasteiger partial charge in [-0.1, -0.05) is 23.2 Å². The monoisotopic (exact) mass is 406 g/mol. The largest absolute Gasteiger partial charge is 0.454 e. The molecule has 1 N–H and O–H groups in total. The van der Waals surface area contributed by atoms with Gasteiger partial charge in [0.25, 0.3) is 5.91 Å². The first kappa shape index (κ1) is 18.8. The normalized spacial score (nSPS) is 12.8. The number of carbonyl (C=O) groups excluding carboxylic acids is 2. The Morgan fingerprint density at radius 3 is 2.70 bits per heavy atom. The van der Waals surface area contributed by atoms with Crippen molar-refractivity contribution in [3.63, 3.8) is 0 Å². The highest BCUT2D eigenvalue weighted by Gasteiger charge is 2.24. The van der Waals surface area contributed by atoms with Gasteiger partial charge in [-0.2, -0.15) is 5.26 Å². The summed E-state index contributed by atoms with van der Waals surface area (Å²) in [4.78, 5) is 24.5. The maximum Gasteiger partial charge on any atom is 0.339 e. The predicted molar refractivity (Wildman–Crippen MR) is 97.2 cm³/mol. The Balaban J connectivity index is 1.66. The van der Waals surface area contributed by atoms with Gasteiger partial charge in [0, 0.05) is 5.69 Å². The van der Waals surface area contributed by atoms with Gasteiger partial charge in [0.1, 0.15) is 6.07 Å². The van der Waals surface area contributed by atoms with E-state index < -0.39 is 18.0 Å². The number of nitriles is 1. The maximum atomic E-state index is 12.3. The highest BCUT2D eigenvalue weighted by Crippen LogP contribution is 2.40. The minimum Gasteiger partial charge on any atom is -0.454 e. The van der Waals surface area contributed by atoms with E-state index >= 15 is 0 Å². The van der Waals surface area contributed by atoms with Crippen molar-refractivity contribution in [3.8, 4) is 17.6 Å². The third-order valence-corrected chi connectivity index (χ3v) is 4.27. The van der Waals surface area contributed by atoms with E-state index in [1.807, 2.05) is 6.07 Å². The molecule has 7 nitrogen and oxygen atoms in total. The van der Waals surface area contributed by atoms with E-state index in [-0.39, 0.29) is 28.0 Å². The Morgan fingerprint density at radius 1 is 1.22 bits per heavy atom. The number of hydrogen-bond acceptors (Lipinski definition) is 6. The van der Waals surface area contributed by atoms with Crippen molar-refractivity contribution >= 4 is 40.8 Å². The minimum absolute atomic E-state index is 0.0134. The Morgan fingerprint density at radius 2 is 2.00 bits per heavy atom. The van der Waals surface area contributed by atoms with E-state index in [1.165, 1.54) is 37.3 Å². The van der Waals surface area contributed by atoms with Crippen LogP contribution in [0, 0.1) is 11.3 Å². The lowest BCUT2D eigenvalue weighted by atomic mass is 10.2. The summed E-state index contributed by atoms with van der Waals surface area (Å²) in [6.45, 7) is 1.44. The van der Waals surface area contributed by atoms with E-state index in [9.17, 15) is 9.59 Å². The van der Waals surface area contributed by atoms with E-state index in [0.29, 0.717) is 17.2 Å². The SMILES string of the molecule is C[C@@H](OC(=O)c1cc(Cl)c2c(c1)OCO2)C(=O)Nc1ccc(C#N)c(Cl)c1. The fraction of sp³-hybridized carbons (Fsp3) is 0.167. The van der Waals surface area contributed by atoms with Gasteiger partial charge >= 0.3 is 5.97 Å². The number of rotatable bonds is 4. The standard InChI is InChI=1S/C18H12Cl2N2O5/c1-9(17(23)22-12-3-2-10(7-21)13(19)6-12)27-18(24)11-4-14(20)16-15(5-11)25-8-26-16/h2-6,9H,8H2,1H3,(H,22,23)/t9-/m1/s1. The first-order valence-corrected chi connectivity index (χ1v) is 8.45. The van der Waals surface area contributed by atoms with Crippen LogP contribution in [0.4, 0.5) is 5.69 Å². The van der Waals surface area contributed by atoms with Crippen molar-refractivity contribution in [1.29, 1.82) is 5.26 Å². The number of fused-ring (bicyclic) bond motifs is 1. The van der Waals surface area contributed by atoms with Crippen molar-refractivity contribution in [3.05, 3.63) is 51.5 Å². The molecule has 0 unspecified atom stereocenters. The zero-order valence-electron chi connectivity index (χ0n) is 13.9. The molecule has 0 saturated carbocycles. The molecule has 1 aliphatic rings. The predicted octanol–water partition coefficient (Wildman–Crippen LogP) is 3.78. The van der Waals surface area contributed by atoms with Crippen LogP contribution in [-0.2, 0) is 9.53 Å². The maximum absolute atomic E-state index is 12.3. The van der Waals surface area contributed by atoms with Crippen LogP contribution in [0.1, 0.15) is 22.8 Å². The van der Waals surface area contributed by atoms with E-state index in [2.05, 4.69) is 5.32 Å². The number of amides is 1. The lowest BCUT2D eigenvalue weighted by molar-refractivity contribution is -0.123. The van der Waals surface area contributed by atoms with Crippen LogP contribution in [-0.4, -0.2) is 24.8 Å². The van der Waals surface area contributed by atoms with Crippen molar-refractivity contribution in [1.82, 2.24) is 0 Å². The van der Waals surface area contributed by atoms with Gasteiger partial charge in [-0.3, -0.25) is 4.79 Å². The van der Waals surface area contributed by atoms with Crippen LogP contribution in [0.2, 0.25) is 10.0 Å². The molecule has 3 rings (SSSR count). The average molecular weight is 407 g/mol. The van der Waals surface area contributed by atoms with Crippen LogP contribution in [0.25, 0.3) is 0 Å². The van der Waals surface area contributed by atoms with E-state index in [1.54, 1.807) is 0 Å². The molecule has 138 valence electrons. The molecule has 0 saturated heterocycles. The van der Waals surface area contributed by atoms with Crippen molar-refractivity contribution in [2.45, 2.75) is 13.0 Å². The minimum atomic E-state index is -1.09. The topological polar surface area (TPSA) is 97.7 Å². The van der Waals surface area contributed by atoms with Crippen LogP contribution in [0.5, 0.6) is 11.5 Å². The second-order valence-corrected chi connectivity index (χ2v) is 6.35. The molecule has 0 fully saturated rings. The van der Waals surface area contributed by atoms with E-state index in [0.717, 1.165) is 0 Å². The lowest BCUT2D eigenvalue weighted by Gasteiger charge is -2.14. The second kappa shape index (κ2) is 7.74. The fourth-order valence-electron chi connectivity index (χ4n) is 2.29. The Bertz CT molecular complexity index is 971. The number of anilines is 1. The van der Waals surface area contributed by atoms with Crippen LogP contribution in [0.15, 0.2) is 30.3 Å². The number of hydrogen-bond donors (Lipinski definition) is 1. The van der Waals surface area contributed by atoms with Gasteiger partial charge < -0.3 is 19.5 Å². The highest BCUT2D eigenvalue weighted by molar-refractivity contribution is 6.33. The summed E-state index contributed by atoms with van der Waals surface area (Å²) in [6, 6.07) is 9.16. The van der Waals surface area contributed by atoms with Crippen molar-refractivity contribution < 1.29 is 23.8 Å². The number of esters is 1. The number of nitrogens with one attached hydrogen (secondary N) is 1. The number of halogens is 2. The van der Waals surface area contributed by atoms with Gasteiger partial charge in [-0.15, -0.1) is 0 Å². The summed E-state index contributed by atoms with van der Waals surface area (Å²) in [5.41, 5.74) is 0.789. The number of carbonyl (C=O) groups is 2. The molecular weight excluding hydrogens is 395 g/mol. The fourth-order valence-corrected chi connectivity index (χ4v) is 2.78. The third-order valence-electron chi connectivity index (χ3n) is 3.67. The second-order valence-electron chi connectivity index (χ2n) is 5.54. The van der Waals surface area contributed by atoms with Crippen LogP contribution in [0.3, 0.4) is 0 Å². The molecule has 1 amide bonds. The van der Waals surface area contributed by atoms with Gasteiger partial charge in [0.15, 0.2) is 17.6 Å². The highest BCUT2D eigenvalue weighted by atomic mass is 35.5. The van der Waals surface area contributed by atoms with E-state index in [4.69, 9.17) is 42.7 Å². The van der Waals surface area contributed by atoms with Gasteiger partial charge in [0.05, 0.1) is 21.2 Å². The summed E-state index contributed by atoms with van der Waals surface area (Å²) in [6.07, 6.45) is -1.09. The first-order valence-electron chi connectivity index (χ1n) is 7.69. The van der Waals surface area contributed by atoms with Gasteiger partial charge in [0.2, 0.25) is 6.79 Å². The zero-order valence-corrected chi connectivity index (χ0v) is 15.4. The zero-order chi connectivity index (χ0) is 19.6. The van der Waals surface area contributed by atoms with Crippen LogP contribution >= 0.6 is 23.2 Å². The average Bonchev–Trinajstić information content (AvgIpc) is 3.11. The molecule has 2 aromatic rings. The summed E-state index contributed by atoms with van der Waals surface area (Å²) in [7, 11) is 0. The molecule has 1 atom stereocenters. The molecule has 0 aliphatic carbocycles. The molecule has 1 heterocycles. The molecule has 0 spiro atoms. The quantitative estimate of drug-likeness (QED) is 0.775. The Labute approximate surface area is 164 Å². The molecule has 0 aromatic heterocycles. The molecule has 2 aromatic carbocycles. The molecule has 0 bridgehead atoms. The third kappa shape index (κ3) is 4.08. The Kier molecular flexibility index (Phi) is 5.40. The van der Waals surface area contributed by atoms with Crippen molar-refractivity contribution in [2.24, 2.45) is 0 Å². The lowest BCUT2D eigenvalue weighted by Crippen LogP contribution is -2.30. The summed E-state index contributed by atoms with van der Waals surface area (Å²) >= 11 is 12.0. The van der Waals surface area contributed by atoms with Crippen LogP contribution < -0.4 is 14.8 Å². The van der Waals surface area contributed by atoms with Gasteiger partial charge in [-0.05, 0) is 37.3 Å². The van der Waals surface area contributed by atoms with Gasteiger partial charge in [-0.25, -0.2) is 4.79 Å². The Hall–Kier alpha value is -2.95. The number of ether oxygens (including phenoxy) is 3.